The van der Waals surface area contributed by atoms with E-state index >= 15 is 0 Å². The number of carbonyl (C=O) groups is 2. The lowest BCUT2D eigenvalue weighted by atomic mass is 10.1. The summed E-state index contributed by atoms with van der Waals surface area (Å²) >= 11 is 1.25. The molecule has 3 aromatic rings. The van der Waals surface area contributed by atoms with Gasteiger partial charge in [0.15, 0.2) is 11.0 Å². The second-order valence-corrected chi connectivity index (χ2v) is 7.94. The van der Waals surface area contributed by atoms with Crippen molar-refractivity contribution in [2.75, 3.05) is 11.1 Å². The Balaban J connectivity index is 1.62. The first-order valence-electron chi connectivity index (χ1n) is 9.86. The fourth-order valence-electron chi connectivity index (χ4n) is 3.02. The molecule has 0 bridgehead atoms. The van der Waals surface area contributed by atoms with E-state index in [1.807, 2.05) is 43.5 Å². The molecule has 0 spiro atoms. The van der Waals surface area contributed by atoms with Crippen LogP contribution in [0.25, 0.3) is 0 Å². The Kier molecular flexibility index (Phi) is 7.41. The number of hydrogen-bond donors (Lipinski definition) is 2. The number of aryl methyl sites for hydroxylation is 1. The Bertz CT molecular complexity index is 1070. The Labute approximate surface area is 184 Å². The van der Waals surface area contributed by atoms with Crippen LogP contribution in [0.2, 0.25) is 0 Å². The first-order chi connectivity index (χ1) is 14.9. The summed E-state index contributed by atoms with van der Waals surface area (Å²) in [6, 6.07) is 12.6. The molecule has 2 amide bonds. The number of benzene rings is 2. The lowest BCUT2D eigenvalue weighted by molar-refractivity contribution is -0.113. The number of nitrogens with zero attached hydrogens (tertiary/aromatic N) is 3. The molecule has 3 rings (SSSR count). The minimum Gasteiger partial charge on any atom is -0.342 e. The second-order valence-electron chi connectivity index (χ2n) is 6.99. The van der Waals surface area contributed by atoms with Crippen LogP contribution >= 0.6 is 11.8 Å². The lowest BCUT2D eigenvalue weighted by Gasteiger charge is -2.15. The number of halogens is 1. The molecule has 0 saturated heterocycles. The topological polar surface area (TPSA) is 88.9 Å². The molecule has 31 heavy (non-hydrogen) atoms. The van der Waals surface area contributed by atoms with Crippen LogP contribution in [0.1, 0.15) is 41.6 Å². The number of nitrogens with one attached hydrogen (secondary N) is 2. The molecular formula is C22H24FN5O2S. The smallest absolute Gasteiger partial charge is 0.251 e. The van der Waals surface area contributed by atoms with E-state index in [0.717, 1.165) is 5.56 Å². The van der Waals surface area contributed by atoms with Gasteiger partial charge in [-0.2, -0.15) is 0 Å². The Morgan fingerprint density at radius 3 is 2.58 bits per heavy atom. The Hall–Kier alpha value is -3.20. The lowest BCUT2D eigenvalue weighted by Crippen LogP contribution is -2.28. The second kappa shape index (κ2) is 10.2. The van der Waals surface area contributed by atoms with Gasteiger partial charge in [0.2, 0.25) is 5.91 Å². The fourth-order valence-corrected chi connectivity index (χ4v) is 3.82. The summed E-state index contributed by atoms with van der Waals surface area (Å²) in [6.45, 7) is 6.32. The normalized spacial score (nSPS) is 11.7. The van der Waals surface area contributed by atoms with Crippen molar-refractivity contribution in [3.05, 3.63) is 71.3 Å². The standard InChI is InChI=1S/C22H24FN5O2S/c1-4-28-20(15(3)24-21(30)16-7-5-6-14(2)12-16)26-27-22(28)31-13-19(29)25-18-10-8-17(23)9-11-18/h5-12,15H,4,13H2,1-3H3,(H,24,30)(H,25,29). The van der Waals surface area contributed by atoms with Gasteiger partial charge in [-0.15, -0.1) is 10.2 Å². The van der Waals surface area contributed by atoms with Crippen molar-refractivity contribution >= 4 is 29.3 Å². The molecule has 0 aliphatic carbocycles. The predicted molar refractivity (Wildman–Crippen MR) is 119 cm³/mol. The van der Waals surface area contributed by atoms with E-state index in [1.165, 1.54) is 36.0 Å². The van der Waals surface area contributed by atoms with Crippen LogP contribution < -0.4 is 10.6 Å². The van der Waals surface area contributed by atoms with Crippen LogP contribution in [0.3, 0.4) is 0 Å². The zero-order valence-corrected chi connectivity index (χ0v) is 18.4. The molecular weight excluding hydrogens is 417 g/mol. The largest absolute Gasteiger partial charge is 0.342 e. The molecule has 162 valence electrons. The van der Waals surface area contributed by atoms with Gasteiger partial charge in [-0.05, 0) is 57.2 Å². The fraction of sp³-hybridized carbons (Fsp3) is 0.273. The summed E-state index contributed by atoms with van der Waals surface area (Å²) in [5, 5.41) is 14.7. The van der Waals surface area contributed by atoms with Gasteiger partial charge in [0, 0.05) is 17.8 Å². The predicted octanol–water partition coefficient (Wildman–Crippen LogP) is 3.97. The van der Waals surface area contributed by atoms with E-state index in [4.69, 9.17) is 0 Å². The van der Waals surface area contributed by atoms with Crippen molar-refractivity contribution in [1.82, 2.24) is 20.1 Å². The summed E-state index contributed by atoms with van der Waals surface area (Å²) in [4.78, 5) is 24.7. The first-order valence-corrected chi connectivity index (χ1v) is 10.8. The maximum atomic E-state index is 13.0. The monoisotopic (exact) mass is 441 g/mol. The number of anilines is 1. The van der Waals surface area contributed by atoms with E-state index in [0.29, 0.717) is 28.8 Å². The average Bonchev–Trinajstić information content (AvgIpc) is 3.17. The summed E-state index contributed by atoms with van der Waals surface area (Å²) in [5.74, 6) is -0.0386. The van der Waals surface area contributed by atoms with Crippen molar-refractivity contribution in [2.24, 2.45) is 0 Å². The Morgan fingerprint density at radius 1 is 1.16 bits per heavy atom. The third kappa shape index (κ3) is 5.91. The van der Waals surface area contributed by atoms with E-state index in [1.54, 1.807) is 6.07 Å². The van der Waals surface area contributed by atoms with Gasteiger partial charge >= 0.3 is 0 Å². The molecule has 0 aliphatic heterocycles. The summed E-state index contributed by atoms with van der Waals surface area (Å²) in [7, 11) is 0. The number of hydrogen-bond acceptors (Lipinski definition) is 5. The zero-order valence-electron chi connectivity index (χ0n) is 17.6. The van der Waals surface area contributed by atoms with Gasteiger partial charge < -0.3 is 15.2 Å². The number of amides is 2. The zero-order chi connectivity index (χ0) is 22.4. The van der Waals surface area contributed by atoms with Gasteiger partial charge in [-0.1, -0.05) is 29.5 Å². The van der Waals surface area contributed by atoms with Crippen LogP contribution in [0.15, 0.2) is 53.7 Å². The molecule has 1 unspecified atom stereocenters. The highest BCUT2D eigenvalue weighted by Crippen LogP contribution is 2.21. The molecule has 0 aliphatic rings. The van der Waals surface area contributed by atoms with Crippen molar-refractivity contribution in [2.45, 2.75) is 38.5 Å². The van der Waals surface area contributed by atoms with Gasteiger partial charge in [-0.3, -0.25) is 9.59 Å². The summed E-state index contributed by atoms with van der Waals surface area (Å²) in [6.07, 6.45) is 0. The molecule has 7 nitrogen and oxygen atoms in total. The van der Waals surface area contributed by atoms with E-state index in [2.05, 4.69) is 20.8 Å². The number of carbonyl (C=O) groups excluding carboxylic acids is 2. The average molecular weight is 442 g/mol. The number of rotatable bonds is 8. The minimum absolute atomic E-state index is 0.125. The highest BCUT2D eigenvalue weighted by Gasteiger charge is 2.20. The quantitative estimate of drug-likeness (QED) is 0.517. The van der Waals surface area contributed by atoms with E-state index in [-0.39, 0.29) is 29.4 Å². The summed E-state index contributed by atoms with van der Waals surface area (Å²) in [5.41, 5.74) is 2.12. The Morgan fingerprint density at radius 2 is 1.90 bits per heavy atom. The van der Waals surface area contributed by atoms with Gasteiger partial charge in [-0.25, -0.2) is 4.39 Å². The molecule has 1 aromatic heterocycles. The SMILES string of the molecule is CCn1c(SCC(=O)Nc2ccc(F)cc2)nnc1C(C)NC(=O)c1cccc(C)c1. The molecule has 9 heteroatoms. The molecule has 2 aromatic carbocycles. The minimum atomic E-state index is -0.362. The van der Waals surface area contributed by atoms with Crippen LogP contribution in [0.5, 0.6) is 0 Å². The maximum absolute atomic E-state index is 13.0. The van der Waals surface area contributed by atoms with Gasteiger partial charge in [0.25, 0.3) is 5.91 Å². The van der Waals surface area contributed by atoms with Crippen molar-refractivity contribution in [3.63, 3.8) is 0 Å². The molecule has 0 radical (unpaired) electrons. The van der Waals surface area contributed by atoms with Crippen LogP contribution in [0, 0.1) is 12.7 Å². The van der Waals surface area contributed by atoms with Crippen LogP contribution in [0.4, 0.5) is 10.1 Å². The van der Waals surface area contributed by atoms with Crippen molar-refractivity contribution < 1.29 is 14.0 Å². The highest BCUT2D eigenvalue weighted by molar-refractivity contribution is 7.99. The summed E-state index contributed by atoms with van der Waals surface area (Å²) < 4.78 is 14.8. The van der Waals surface area contributed by atoms with Gasteiger partial charge in [0.05, 0.1) is 11.8 Å². The van der Waals surface area contributed by atoms with Crippen LogP contribution in [-0.4, -0.2) is 32.3 Å². The highest BCUT2D eigenvalue weighted by atomic mass is 32.2. The van der Waals surface area contributed by atoms with Crippen LogP contribution in [-0.2, 0) is 11.3 Å². The number of aromatic nitrogens is 3. The third-order valence-electron chi connectivity index (χ3n) is 4.54. The van der Waals surface area contributed by atoms with Crippen molar-refractivity contribution in [3.8, 4) is 0 Å². The van der Waals surface area contributed by atoms with E-state index in [9.17, 15) is 14.0 Å². The van der Waals surface area contributed by atoms with E-state index < -0.39 is 0 Å². The number of thioether (sulfide) groups is 1. The molecule has 0 fully saturated rings. The maximum Gasteiger partial charge on any atom is 0.251 e. The molecule has 2 N–H and O–H groups in total. The third-order valence-corrected chi connectivity index (χ3v) is 5.50. The first kappa shape index (κ1) is 22.5. The molecule has 0 saturated carbocycles. The van der Waals surface area contributed by atoms with Crippen molar-refractivity contribution in [1.29, 1.82) is 0 Å². The molecule has 1 atom stereocenters. The molecule has 1 heterocycles. The van der Waals surface area contributed by atoms with Gasteiger partial charge in [0.1, 0.15) is 5.82 Å².